The summed E-state index contributed by atoms with van der Waals surface area (Å²) < 4.78 is 0. The molecule has 3 aromatic rings. The van der Waals surface area contributed by atoms with Crippen LogP contribution in [-0.2, 0) is 6.54 Å². The van der Waals surface area contributed by atoms with Crippen LogP contribution in [0.25, 0.3) is 11.1 Å². The van der Waals surface area contributed by atoms with Gasteiger partial charge in [0.25, 0.3) is 5.91 Å². The molecule has 4 nitrogen and oxygen atoms in total. The Morgan fingerprint density at radius 1 is 1.12 bits per heavy atom. The highest BCUT2D eigenvalue weighted by molar-refractivity contribution is 5.97. The van der Waals surface area contributed by atoms with Crippen LogP contribution in [0.5, 0.6) is 5.75 Å². The van der Waals surface area contributed by atoms with Crippen molar-refractivity contribution in [1.29, 1.82) is 0 Å². The molecule has 0 aliphatic rings. The van der Waals surface area contributed by atoms with Crippen LogP contribution in [0.4, 0.5) is 0 Å². The third-order valence-electron chi connectivity index (χ3n) is 4.36. The van der Waals surface area contributed by atoms with Gasteiger partial charge < -0.3 is 10.4 Å². The van der Waals surface area contributed by atoms with Crippen molar-refractivity contribution in [2.75, 3.05) is 0 Å². The zero-order chi connectivity index (χ0) is 18.5. The van der Waals surface area contributed by atoms with E-state index in [4.69, 9.17) is 0 Å². The van der Waals surface area contributed by atoms with Gasteiger partial charge in [-0.05, 0) is 40.8 Å². The molecule has 0 bridgehead atoms. The van der Waals surface area contributed by atoms with Crippen LogP contribution in [-0.4, -0.2) is 16.0 Å². The molecule has 0 saturated heterocycles. The number of aromatic hydroxyl groups is 1. The van der Waals surface area contributed by atoms with Gasteiger partial charge in [0, 0.05) is 24.5 Å². The van der Waals surface area contributed by atoms with Crippen molar-refractivity contribution in [3.8, 4) is 16.9 Å². The first-order chi connectivity index (χ1) is 12.6. The van der Waals surface area contributed by atoms with Crippen LogP contribution >= 0.6 is 0 Å². The highest BCUT2D eigenvalue weighted by Gasteiger charge is 2.14. The highest BCUT2D eigenvalue weighted by Crippen LogP contribution is 2.25. The average Bonchev–Trinajstić information content (AvgIpc) is 2.67. The molecule has 132 valence electrons. The lowest BCUT2D eigenvalue weighted by atomic mass is 9.99. The Balaban J connectivity index is 1.80. The molecule has 2 aromatic carbocycles. The van der Waals surface area contributed by atoms with Gasteiger partial charge >= 0.3 is 0 Å². The maximum atomic E-state index is 12.6. The van der Waals surface area contributed by atoms with Gasteiger partial charge in [-0.2, -0.15) is 0 Å². The van der Waals surface area contributed by atoms with Gasteiger partial charge in [-0.25, -0.2) is 0 Å². The third kappa shape index (κ3) is 3.91. The first-order valence-electron chi connectivity index (χ1n) is 8.65. The standard InChI is InChI=1S/C22H22N2O2/c1-15(2)16-9-10-21(25)20(12-16)22(26)24-14-18-6-3-4-8-19(18)17-7-5-11-23-13-17/h3-13,15,25H,14H2,1-2H3,(H,24,26). The van der Waals surface area contributed by atoms with Gasteiger partial charge in [0.15, 0.2) is 0 Å². The SMILES string of the molecule is CC(C)c1ccc(O)c(C(=O)NCc2ccccc2-c2cccnc2)c1. The number of carbonyl (C=O) groups excluding carboxylic acids is 1. The number of phenolic OH excluding ortho intramolecular Hbond substituents is 1. The Kier molecular flexibility index (Phi) is 5.32. The van der Waals surface area contributed by atoms with Gasteiger partial charge in [-0.15, -0.1) is 0 Å². The molecule has 0 aliphatic carbocycles. The predicted molar refractivity (Wildman–Crippen MR) is 103 cm³/mol. The van der Waals surface area contributed by atoms with Crippen LogP contribution in [0.3, 0.4) is 0 Å². The summed E-state index contributed by atoms with van der Waals surface area (Å²) in [5, 5.41) is 13.0. The lowest BCUT2D eigenvalue weighted by molar-refractivity contribution is 0.0948. The number of rotatable bonds is 5. The summed E-state index contributed by atoms with van der Waals surface area (Å²) in [5.41, 5.74) is 4.34. The molecule has 1 amide bonds. The number of hydrogen-bond donors (Lipinski definition) is 2. The van der Waals surface area contributed by atoms with Crippen molar-refractivity contribution in [1.82, 2.24) is 10.3 Å². The van der Waals surface area contributed by atoms with Crippen LogP contribution in [0.15, 0.2) is 67.0 Å². The number of nitrogens with zero attached hydrogens (tertiary/aromatic N) is 1. The van der Waals surface area contributed by atoms with Gasteiger partial charge in [0.1, 0.15) is 5.75 Å². The van der Waals surface area contributed by atoms with E-state index in [-0.39, 0.29) is 17.6 Å². The van der Waals surface area contributed by atoms with E-state index in [0.717, 1.165) is 22.3 Å². The molecule has 0 aliphatic heterocycles. The van der Waals surface area contributed by atoms with E-state index in [2.05, 4.69) is 24.1 Å². The number of carbonyl (C=O) groups is 1. The van der Waals surface area contributed by atoms with E-state index >= 15 is 0 Å². The third-order valence-corrected chi connectivity index (χ3v) is 4.36. The Hall–Kier alpha value is -3.14. The van der Waals surface area contributed by atoms with E-state index in [0.29, 0.717) is 12.1 Å². The zero-order valence-corrected chi connectivity index (χ0v) is 14.9. The maximum Gasteiger partial charge on any atom is 0.255 e. The Labute approximate surface area is 153 Å². The average molecular weight is 346 g/mol. The summed E-state index contributed by atoms with van der Waals surface area (Å²) in [4.78, 5) is 16.7. The Morgan fingerprint density at radius 2 is 1.92 bits per heavy atom. The molecular formula is C22H22N2O2. The highest BCUT2D eigenvalue weighted by atomic mass is 16.3. The van der Waals surface area contributed by atoms with Crippen molar-refractivity contribution in [2.45, 2.75) is 26.3 Å². The van der Waals surface area contributed by atoms with Crippen molar-refractivity contribution >= 4 is 5.91 Å². The van der Waals surface area contributed by atoms with Crippen molar-refractivity contribution in [3.63, 3.8) is 0 Å². The molecule has 26 heavy (non-hydrogen) atoms. The predicted octanol–water partition coefficient (Wildman–Crippen LogP) is 4.51. The number of hydrogen-bond acceptors (Lipinski definition) is 3. The van der Waals surface area contributed by atoms with Crippen LogP contribution in [0, 0.1) is 0 Å². The van der Waals surface area contributed by atoms with Crippen LogP contribution in [0.2, 0.25) is 0 Å². The minimum atomic E-state index is -0.286. The summed E-state index contributed by atoms with van der Waals surface area (Å²) in [6, 6.07) is 16.9. The largest absolute Gasteiger partial charge is 0.507 e. The van der Waals surface area contributed by atoms with E-state index in [1.807, 2.05) is 42.5 Å². The molecule has 2 N–H and O–H groups in total. The summed E-state index contributed by atoms with van der Waals surface area (Å²) in [7, 11) is 0. The van der Waals surface area contributed by atoms with Crippen LogP contribution < -0.4 is 5.32 Å². The van der Waals surface area contributed by atoms with Gasteiger partial charge in [0.05, 0.1) is 5.56 Å². The molecule has 0 fully saturated rings. The molecule has 0 unspecified atom stereocenters. The number of benzene rings is 2. The molecule has 3 rings (SSSR count). The number of phenols is 1. The Morgan fingerprint density at radius 3 is 2.65 bits per heavy atom. The van der Waals surface area contributed by atoms with Gasteiger partial charge in [0.2, 0.25) is 0 Å². The smallest absolute Gasteiger partial charge is 0.255 e. The monoisotopic (exact) mass is 346 g/mol. The number of aromatic nitrogens is 1. The molecule has 4 heteroatoms. The number of pyridine rings is 1. The molecule has 0 atom stereocenters. The second-order valence-electron chi connectivity index (χ2n) is 6.51. The van der Waals surface area contributed by atoms with Crippen LogP contribution in [0.1, 0.15) is 41.3 Å². The first kappa shape index (κ1) is 17.7. The summed E-state index contributed by atoms with van der Waals surface area (Å²) in [6.07, 6.45) is 3.54. The van der Waals surface area contributed by atoms with Gasteiger partial charge in [-0.3, -0.25) is 9.78 Å². The van der Waals surface area contributed by atoms with E-state index < -0.39 is 0 Å². The second kappa shape index (κ2) is 7.83. The minimum Gasteiger partial charge on any atom is -0.507 e. The van der Waals surface area contributed by atoms with Gasteiger partial charge in [-0.1, -0.05) is 50.2 Å². The quantitative estimate of drug-likeness (QED) is 0.714. The molecular weight excluding hydrogens is 324 g/mol. The Bertz CT molecular complexity index is 905. The topological polar surface area (TPSA) is 62.2 Å². The summed E-state index contributed by atoms with van der Waals surface area (Å²) in [6.45, 7) is 4.48. The van der Waals surface area contributed by atoms with Crippen molar-refractivity contribution < 1.29 is 9.90 Å². The normalized spacial score (nSPS) is 10.7. The lowest BCUT2D eigenvalue weighted by Gasteiger charge is -2.13. The maximum absolute atomic E-state index is 12.6. The minimum absolute atomic E-state index is 0.00700. The fourth-order valence-corrected chi connectivity index (χ4v) is 2.84. The fraction of sp³-hybridized carbons (Fsp3) is 0.182. The van der Waals surface area contributed by atoms with E-state index in [1.54, 1.807) is 24.5 Å². The van der Waals surface area contributed by atoms with Crippen molar-refractivity contribution in [2.24, 2.45) is 0 Å². The zero-order valence-electron chi connectivity index (χ0n) is 14.9. The van der Waals surface area contributed by atoms with E-state index in [1.165, 1.54) is 0 Å². The summed E-state index contributed by atoms with van der Waals surface area (Å²) in [5.74, 6) is -0.00751. The lowest BCUT2D eigenvalue weighted by Crippen LogP contribution is -2.23. The molecule has 1 heterocycles. The number of amides is 1. The molecule has 0 radical (unpaired) electrons. The summed E-state index contributed by atoms with van der Waals surface area (Å²) >= 11 is 0. The molecule has 1 aromatic heterocycles. The second-order valence-corrected chi connectivity index (χ2v) is 6.51. The molecule has 0 spiro atoms. The first-order valence-corrected chi connectivity index (χ1v) is 8.65. The van der Waals surface area contributed by atoms with E-state index in [9.17, 15) is 9.90 Å². The fourth-order valence-electron chi connectivity index (χ4n) is 2.84. The number of nitrogens with one attached hydrogen (secondary N) is 1. The molecule has 0 saturated carbocycles. The van der Waals surface area contributed by atoms with Crippen molar-refractivity contribution in [3.05, 3.63) is 83.7 Å².